The molecule has 0 radical (unpaired) electrons. The number of hydrogen-bond acceptors (Lipinski definition) is 4. The molecule has 1 aromatic carbocycles. The Morgan fingerprint density at radius 3 is 2.83 bits per heavy atom. The van der Waals surface area contributed by atoms with Crippen molar-refractivity contribution in [1.82, 2.24) is 19.9 Å². The van der Waals surface area contributed by atoms with Crippen LogP contribution in [0, 0.1) is 5.82 Å². The lowest BCUT2D eigenvalue weighted by atomic mass is 10.0. The van der Waals surface area contributed by atoms with Crippen molar-refractivity contribution in [3.05, 3.63) is 48.2 Å². The molecule has 23 heavy (non-hydrogen) atoms. The molecule has 4 rings (SSSR count). The summed E-state index contributed by atoms with van der Waals surface area (Å²) < 4.78 is 20.2. The third kappa shape index (κ3) is 2.48. The van der Waals surface area contributed by atoms with Crippen LogP contribution in [0.1, 0.15) is 29.4 Å². The van der Waals surface area contributed by atoms with E-state index in [0.717, 1.165) is 18.4 Å². The minimum atomic E-state index is -0.316. The van der Waals surface area contributed by atoms with E-state index in [1.54, 1.807) is 23.1 Å². The molecule has 118 valence electrons. The van der Waals surface area contributed by atoms with Gasteiger partial charge in [-0.15, -0.1) is 5.10 Å². The Morgan fingerprint density at radius 2 is 2.09 bits per heavy atom. The highest BCUT2D eigenvalue weighted by Gasteiger charge is 2.27. The first-order valence-electron chi connectivity index (χ1n) is 7.55. The Hall–Kier alpha value is -2.70. The van der Waals surface area contributed by atoms with Gasteiger partial charge in [0.2, 0.25) is 0 Å². The molecule has 3 heterocycles. The number of rotatable bonds is 2. The fourth-order valence-electron chi connectivity index (χ4n) is 3.05. The van der Waals surface area contributed by atoms with Gasteiger partial charge in [-0.25, -0.2) is 9.07 Å². The third-order valence-electron chi connectivity index (χ3n) is 4.26. The average Bonchev–Trinajstić information content (AvgIpc) is 3.23. The first-order valence-corrected chi connectivity index (χ1v) is 7.55. The monoisotopic (exact) mass is 314 g/mol. The van der Waals surface area contributed by atoms with Crippen LogP contribution in [0.3, 0.4) is 0 Å². The van der Waals surface area contributed by atoms with Crippen molar-refractivity contribution in [2.75, 3.05) is 13.1 Å². The van der Waals surface area contributed by atoms with Gasteiger partial charge in [-0.2, -0.15) is 0 Å². The molecule has 0 spiro atoms. The largest absolute Gasteiger partial charge is 0.459 e. The number of amides is 1. The lowest BCUT2D eigenvalue weighted by Gasteiger charge is -2.31. The van der Waals surface area contributed by atoms with Gasteiger partial charge in [-0.1, -0.05) is 5.21 Å². The first-order chi connectivity index (χ1) is 11.2. The maximum Gasteiger partial charge on any atom is 0.289 e. The van der Waals surface area contributed by atoms with E-state index in [9.17, 15) is 9.18 Å². The van der Waals surface area contributed by atoms with Crippen LogP contribution in [0.2, 0.25) is 0 Å². The number of furan rings is 1. The number of fused-ring (bicyclic) bond motifs is 1. The van der Waals surface area contributed by atoms with Crippen molar-refractivity contribution in [3.8, 4) is 0 Å². The molecule has 6 nitrogen and oxygen atoms in total. The average molecular weight is 314 g/mol. The molecule has 0 N–H and O–H groups in total. The summed E-state index contributed by atoms with van der Waals surface area (Å²) in [6.45, 7) is 1.26. The molecule has 1 aliphatic rings. The van der Waals surface area contributed by atoms with E-state index in [1.165, 1.54) is 18.4 Å². The number of carbonyl (C=O) groups is 1. The number of likely N-dealkylation sites (tertiary alicyclic amines) is 1. The minimum absolute atomic E-state index is 0.0843. The number of carbonyl (C=O) groups excluding carboxylic acids is 1. The minimum Gasteiger partial charge on any atom is -0.459 e. The Bertz CT molecular complexity index is 835. The van der Waals surface area contributed by atoms with E-state index < -0.39 is 0 Å². The van der Waals surface area contributed by atoms with Gasteiger partial charge in [-0.05, 0) is 37.1 Å². The van der Waals surface area contributed by atoms with Crippen LogP contribution in [0.25, 0.3) is 11.0 Å². The van der Waals surface area contributed by atoms with Crippen LogP contribution in [-0.2, 0) is 0 Å². The number of hydrogen-bond donors (Lipinski definition) is 0. The van der Waals surface area contributed by atoms with Crippen LogP contribution in [-0.4, -0.2) is 38.9 Å². The summed E-state index contributed by atoms with van der Waals surface area (Å²) in [6.07, 6.45) is 3.06. The molecule has 0 atom stereocenters. The number of halogens is 1. The molecule has 0 unspecified atom stereocenters. The lowest BCUT2D eigenvalue weighted by Crippen LogP contribution is -2.39. The van der Waals surface area contributed by atoms with Crippen LogP contribution in [0.15, 0.2) is 41.0 Å². The summed E-state index contributed by atoms with van der Waals surface area (Å²) in [5.41, 5.74) is 1.38. The Balaban J connectivity index is 1.49. The quantitative estimate of drug-likeness (QED) is 0.729. The predicted molar refractivity (Wildman–Crippen MR) is 80.4 cm³/mol. The molecule has 0 saturated carbocycles. The Morgan fingerprint density at radius 1 is 1.26 bits per heavy atom. The summed E-state index contributed by atoms with van der Waals surface area (Å²) >= 11 is 0. The van der Waals surface area contributed by atoms with Crippen LogP contribution >= 0.6 is 0 Å². The molecule has 1 amide bonds. The first kappa shape index (κ1) is 13.9. The zero-order valence-electron chi connectivity index (χ0n) is 12.4. The van der Waals surface area contributed by atoms with Gasteiger partial charge in [-0.3, -0.25) is 4.79 Å². The maximum atomic E-state index is 13.2. The number of benzene rings is 1. The molecule has 1 aliphatic heterocycles. The number of nitrogens with zero attached hydrogens (tertiary/aromatic N) is 4. The van der Waals surface area contributed by atoms with Crippen molar-refractivity contribution in [3.63, 3.8) is 0 Å². The zero-order valence-corrected chi connectivity index (χ0v) is 12.4. The summed E-state index contributed by atoms with van der Waals surface area (Å²) in [4.78, 5) is 14.0. The zero-order chi connectivity index (χ0) is 15.8. The molecule has 3 aromatic rings. The van der Waals surface area contributed by atoms with E-state index in [1.807, 2.05) is 4.68 Å². The topological polar surface area (TPSA) is 64.2 Å². The van der Waals surface area contributed by atoms with E-state index in [0.29, 0.717) is 24.4 Å². The van der Waals surface area contributed by atoms with Gasteiger partial charge in [0.25, 0.3) is 5.91 Å². The molecule has 1 saturated heterocycles. The highest BCUT2D eigenvalue weighted by atomic mass is 19.1. The summed E-state index contributed by atoms with van der Waals surface area (Å²) in [6, 6.07) is 8.04. The smallest absolute Gasteiger partial charge is 0.289 e. The van der Waals surface area contributed by atoms with Gasteiger partial charge >= 0.3 is 0 Å². The molecule has 1 fully saturated rings. The Labute approximate surface area is 131 Å². The van der Waals surface area contributed by atoms with E-state index in [2.05, 4.69) is 10.3 Å². The van der Waals surface area contributed by atoms with E-state index >= 15 is 0 Å². The second-order valence-electron chi connectivity index (χ2n) is 5.67. The predicted octanol–water partition coefficient (Wildman–Crippen LogP) is 2.64. The fraction of sp³-hybridized carbons (Fsp3) is 0.312. The van der Waals surface area contributed by atoms with Crippen molar-refractivity contribution >= 4 is 16.9 Å². The van der Waals surface area contributed by atoms with Crippen molar-refractivity contribution in [2.24, 2.45) is 0 Å². The van der Waals surface area contributed by atoms with Gasteiger partial charge in [0.15, 0.2) is 5.76 Å². The molecule has 2 aromatic heterocycles. The highest BCUT2D eigenvalue weighted by molar-refractivity contribution is 5.91. The van der Waals surface area contributed by atoms with Crippen LogP contribution < -0.4 is 0 Å². The van der Waals surface area contributed by atoms with E-state index in [4.69, 9.17) is 4.42 Å². The molecular formula is C16H15FN4O2. The number of aromatic nitrogens is 3. The van der Waals surface area contributed by atoms with Crippen molar-refractivity contribution in [1.29, 1.82) is 0 Å². The standard InChI is InChI=1S/C16H15FN4O2/c17-11-3-4-14-13(10-11)18-19-21(14)12-5-7-20(8-6-12)16(22)15-2-1-9-23-15/h1-4,9-10,12H,5-8H2. The van der Waals surface area contributed by atoms with Gasteiger partial charge in [0.1, 0.15) is 11.3 Å². The van der Waals surface area contributed by atoms with Gasteiger partial charge in [0.05, 0.1) is 17.8 Å². The maximum absolute atomic E-state index is 13.2. The normalized spacial score (nSPS) is 16.1. The van der Waals surface area contributed by atoms with Gasteiger partial charge < -0.3 is 9.32 Å². The highest BCUT2D eigenvalue weighted by Crippen LogP contribution is 2.26. The second-order valence-corrected chi connectivity index (χ2v) is 5.67. The van der Waals surface area contributed by atoms with Crippen molar-refractivity contribution in [2.45, 2.75) is 18.9 Å². The molecule has 0 bridgehead atoms. The SMILES string of the molecule is O=C(c1ccco1)N1CCC(n2nnc3cc(F)ccc32)CC1. The summed E-state index contributed by atoms with van der Waals surface area (Å²) in [7, 11) is 0. The molecular weight excluding hydrogens is 299 g/mol. The van der Waals surface area contributed by atoms with Gasteiger partial charge in [0, 0.05) is 19.2 Å². The summed E-state index contributed by atoms with van der Waals surface area (Å²) in [5.74, 6) is -0.0347. The van der Waals surface area contributed by atoms with Crippen molar-refractivity contribution < 1.29 is 13.6 Å². The van der Waals surface area contributed by atoms with E-state index in [-0.39, 0.29) is 17.8 Å². The lowest BCUT2D eigenvalue weighted by molar-refractivity contribution is 0.0659. The molecule has 7 heteroatoms. The Kier molecular flexibility index (Phi) is 3.33. The summed E-state index contributed by atoms with van der Waals surface area (Å²) in [5, 5.41) is 8.18. The molecule has 0 aliphatic carbocycles. The van der Waals surface area contributed by atoms with Crippen LogP contribution in [0.5, 0.6) is 0 Å². The second kappa shape index (κ2) is 5.49. The fourth-order valence-corrected chi connectivity index (χ4v) is 3.05. The number of piperidine rings is 1. The van der Waals surface area contributed by atoms with Crippen LogP contribution in [0.4, 0.5) is 4.39 Å². The third-order valence-corrected chi connectivity index (χ3v) is 4.26.